The minimum absolute atomic E-state index is 0.159. The van der Waals surface area contributed by atoms with Crippen LogP contribution in [0.25, 0.3) is 0 Å². The molecule has 0 bridgehead atoms. The number of benzene rings is 1. The zero-order valence-corrected chi connectivity index (χ0v) is 11.2. The van der Waals surface area contributed by atoms with Gasteiger partial charge in [-0.15, -0.1) is 0 Å². The molecular formula is C13H18FN3O2. The van der Waals surface area contributed by atoms with Crippen LogP contribution in [-0.4, -0.2) is 42.5 Å². The molecule has 1 aromatic carbocycles. The first-order chi connectivity index (χ1) is 9.02. The van der Waals surface area contributed by atoms with E-state index >= 15 is 0 Å². The minimum atomic E-state index is -0.544. The Kier molecular flexibility index (Phi) is 3.99. The Bertz CT molecular complexity index is 485. The SMILES string of the molecule is CCN1CCN(c2cc(C)c([N+](=O)[O-])cc2F)CC1. The van der Waals surface area contributed by atoms with Gasteiger partial charge in [0.1, 0.15) is 0 Å². The van der Waals surface area contributed by atoms with Crippen LogP contribution in [0.2, 0.25) is 0 Å². The molecule has 104 valence electrons. The van der Waals surface area contributed by atoms with Crippen LogP contribution in [0.1, 0.15) is 12.5 Å². The van der Waals surface area contributed by atoms with Crippen LogP contribution in [0.5, 0.6) is 0 Å². The van der Waals surface area contributed by atoms with Gasteiger partial charge in [0.05, 0.1) is 16.7 Å². The second-order valence-corrected chi connectivity index (χ2v) is 4.77. The van der Waals surface area contributed by atoms with Gasteiger partial charge in [0, 0.05) is 31.7 Å². The molecule has 0 spiro atoms. The molecule has 0 aliphatic carbocycles. The van der Waals surface area contributed by atoms with E-state index in [2.05, 4.69) is 11.8 Å². The van der Waals surface area contributed by atoms with E-state index in [1.165, 1.54) is 0 Å². The van der Waals surface area contributed by atoms with E-state index < -0.39 is 10.7 Å². The molecule has 0 unspecified atom stereocenters. The fraction of sp³-hybridized carbons (Fsp3) is 0.538. The molecule has 19 heavy (non-hydrogen) atoms. The van der Waals surface area contributed by atoms with Crippen LogP contribution in [-0.2, 0) is 0 Å². The van der Waals surface area contributed by atoms with Crippen LogP contribution in [0, 0.1) is 22.9 Å². The molecule has 0 radical (unpaired) electrons. The van der Waals surface area contributed by atoms with Crippen LogP contribution < -0.4 is 4.90 Å². The second kappa shape index (κ2) is 5.52. The Labute approximate surface area is 111 Å². The van der Waals surface area contributed by atoms with Crippen molar-refractivity contribution in [2.24, 2.45) is 0 Å². The van der Waals surface area contributed by atoms with Gasteiger partial charge >= 0.3 is 0 Å². The van der Waals surface area contributed by atoms with E-state index in [9.17, 15) is 14.5 Å². The smallest absolute Gasteiger partial charge is 0.275 e. The highest BCUT2D eigenvalue weighted by atomic mass is 19.1. The van der Waals surface area contributed by atoms with Crippen LogP contribution >= 0.6 is 0 Å². The Morgan fingerprint density at radius 2 is 1.95 bits per heavy atom. The third kappa shape index (κ3) is 2.84. The lowest BCUT2D eigenvalue weighted by molar-refractivity contribution is -0.385. The summed E-state index contributed by atoms with van der Waals surface area (Å²) in [6, 6.07) is 2.60. The summed E-state index contributed by atoms with van der Waals surface area (Å²) in [5, 5.41) is 10.8. The van der Waals surface area contributed by atoms with Gasteiger partial charge in [-0.3, -0.25) is 10.1 Å². The third-order valence-electron chi connectivity index (χ3n) is 3.62. The number of nitro groups is 1. The Hall–Kier alpha value is -1.69. The van der Waals surface area contributed by atoms with E-state index in [1.54, 1.807) is 13.0 Å². The summed E-state index contributed by atoms with van der Waals surface area (Å²) in [5.41, 5.74) is 0.812. The Morgan fingerprint density at radius 1 is 1.32 bits per heavy atom. The Balaban J connectivity index is 2.22. The number of hydrogen-bond donors (Lipinski definition) is 0. The molecule has 1 fully saturated rings. The van der Waals surface area contributed by atoms with Crippen molar-refractivity contribution in [3.05, 3.63) is 33.6 Å². The van der Waals surface area contributed by atoms with Gasteiger partial charge < -0.3 is 9.80 Å². The molecule has 1 aliphatic heterocycles. The topological polar surface area (TPSA) is 49.6 Å². The molecule has 1 aromatic rings. The number of anilines is 1. The summed E-state index contributed by atoms with van der Waals surface area (Å²) < 4.78 is 14.0. The molecular weight excluding hydrogens is 249 g/mol. The van der Waals surface area contributed by atoms with Gasteiger partial charge in [0.15, 0.2) is 5.82 Å². The average molecular weight is 267 g/mol. The van der Waals surface area contributed by atoms with Gasteiger partial charge in [-0.1, -0.05) is 6.92 Å². The lowest BCUT2D eigenvalue weighted by Crippen LogP contribution is -2.46. The number of hydrogen-bond acceptors (Lipinski definition) is 4. The van der Waals surface area contributed by atoms with Gasteiger partial charge in [-0.2, -0.15) is 0 Å². The number of rotatable bonds is 3. The van der Waals surface area contributed by atoms with Crippen molar-refractivity contribution in [2.75, 3.05) is 37.6 Å². The van der Waals surface area contributed by atoms with Gasteiger partial charge in [0.25, 0.3) is 5.69 Å². The number of likely N-dealkylation sites (N-methyl/N-ethyl adjacent to an activating group) is 1. The number of aryl methyl sites for hydroxylation is 1. The first-order valence-corrected chi connectivity index (χ1v) is 6.44. The maximum atomic E-state index is 14.0. The molecule has 1 aliphatic rings. The maximum Gasteiger partial charge on any atom is 0.275 e. The van der Waals surface area contributed by atoms with Crippen LogP contribution in [0.15, 0.2) is 12.1 Å². The van der Waals surface area contributed by atoms with Gasteiger partial charge in [0.2, 0.25) is 0 Å². The third-order valence-corrected chi connectivity index (χ3v) is 3.62. The van der Waals surface area contributed by atoms with Crippen molar-refractivity contribution in [3.8, 4) is 0 Å². The van der Waals surface area contributed by atoms with Crippen molar-refractivity contribution >= 4 is 11.4 Å². The fourth-order valence-corrected chi connectivity index (χ4v) is 2.40. The predicted octanol–water partition coefficient (Wildman–Crippen LogP) is 2.18. The normalized spacial score (nSPS) is 16.7. The highest BCUT2D eigenvalue weighted by Crippen LogP contribution is 2.28. The summed E-state index contributed by atoms with van der Waals surface area (Å²) in [4.78, 5) is 14.5. The van der Waals surface area contributed by atoms with Gasteiger partial charge in [-0.05, 0) is 19.5 Å². The maximum absolute atomic E-state index is 14.0. The van der Waals surface area contributed by atoms with E-state index in [0.717, 1.165) is 38.8 Å². The largest absolute Gasteiger partial charge is 0.367 e. The van der Waals surface area contributed by atoms with Crippen molar-refractivity contribution in [1.82, 2.24) is 4.90 Å². The van der Waals surface area contributed by atoms with Crippen molar-refractivity contribution in [2.45, 2.75) is 13.8 Å². The Morgan fingerprint density at radius 3 is 2.47 bits per heavy atom. The lowest BCUT2D eigenvalue weighted by atomic mass is 10.1. The van der Waals surface area contributed by atoms with E-state index in [1.807, 2.05) is 4.90 Å². The summed E-state index contributed by atoms with van der Waals surface area (Å²) in [6.45, 7) is 8.03. The molecule has 1 heterocycles. The first-order valence-electron chi connectivity index (χ1n) is 6.44. The van der Waals surface area contributed by atoms with Crippen molar-refractivity contribution in [1.29, 1.82) is 0 Å². The monoisotopic (exact) mass is 267 g/mol. The molecule has 6 heteroatoms. The quantitative estimate of drug-likeness (QED) is 0.622. The number of nitrogens with zero attached hydrogens (tertiary/aromatic N) is 3. The minimum Gasteiger partial charge on any atom is -0.367 e. The highest BCUT2D eigenvalue weighted by molar-refractivity contribution is 5.56. The molecule has 0 aromatic heterocycles. The van der Waals surface area contributed by atoms with Crippen LogP contribution in [0.4, 0.5) is 15.8 Å². The predicted molar refractivity (Wildman–Crippen MR) is 72.1 cm³/mol. The summed E-state index contributed by atoms with van der Waals surface area (Å²) in [7, 11) is 0. The molecule has 2 rings (SSSR count). The van der Waals surface area contributed by atoms with Crippen molar-refractivity contribution in [3.63, 3.8) is 0 Å². The fourth-order valence-electron chi connectivity index (χ4n) is 2.40. The first kappa shape index (κ1) is 13.7. The van der Waals surface area contributed by atoms with Gasteiger partial charge in [-0.25, -0.2) is 4.39 Å². The van der Waals surface area contributed by atoms with Crippen LogP contribution in [0.3, 0.4) is 0 Å². The molecule has 0 amide bonds. The standard InChI is InChI=1S/C13H18FN3O2/c1-3-15-4-6-16(7-5-15)13-8-10(2)12(17(18)19)9-11(13)14/h8-9H,3-7H2,1-2H3. The summed E-state index contributed by atoms with van der Waals surface area (Å²) in [5.74, 6) is -0.512. The molecule has 0 N–H and O–H groups in total. The van der Waals surface area contributed by atoms with E-state index in [-0.39, 0.29) is 5.69 Å². The molecule has 5 nitrogen and oxygen atoms in total. The number of halogens is 1. The number of nitro benzene ring substituents is 1. The zero-order valence-electron chi connectivity index (χ0n) is 11.2. The molecule has 1 saturated heterocycles. The van der Waals surface area contributed by atoms with E-state index in [4.69, 9.17) is 0 Å². The van der Waals surface area contributed by atoms with Crippen molar-refractivity contribution < 1.29 is 9.31 Å². The summed E-state index contributed by atoms with van der Waals surface area (Å²) in [6.07, 6.45) is 0. The molecule has 0 saturated carbocycles. The highest BCUT2D eigenvalue weighted by Gasteiger charge is 2.22. The zero-order chi connectivity index (χ0) is 14.0. The van der Waals surface area contributed by atoms with E-state index in [0.29, 0.717) is 11.3 Å². The lowest BCUT2D eigenvalue weighted by Gasteiger charge is -2.35. The second-order valence-electron chi connectivity index (χ2n) is 4.77. The molecule has 0 atom stereocenters. The summed E-state index contributed by atoms with van der Waals surface area (Å²) >= 11 is 0. The average Bonchev–Trinajstić information content (AvgIpc) is 2.41. The number of piperazine rings is 1.